The van der Waals surface area contributed by atoms with Crippen molar-refractivity contribution in [3.05, 3.63) is 101 Å². The Kier molecular flexibility index (Phi) is 14.2. The zero-order valence-electron chi connectivity index (χ0n) is 32.9. The van der Waals surface area contributed by atoms with Crippen LogP contribution in [0.25, 0.3) is 11.3 Å². The van der Waals surface area contributed by atoms with E-state index in [0.717, 1.165) is 60.2 Å². The number of rotatable bonds is 20. The number of Topliss-reactive ketones (excluding diaryl/α,β-unsaturated/α-hetero) is 1. The lowest BCUT2D eigenvalue weighted by atomic mass is 10.0. The second-order valence-corrected chi connectivity index (χ2v) is 14.6. The molecule has 15 heteroatoms. The van der Waals surface area contributed by atoms with Crippen molar-refractivity contribution >= 4 is 52.7 Å². The molecule has 3 aromatic carbocycles. The summed E-state index contributed by atoms with van der Waals surface area (Å²) >= 11 is 0. The highest BCUT2D eigenvalue weighted by Crippen LogP contribution is 2.33. The summed E-state index contributed by atoms with van der Waals surface area (Å²) < 4.78 is 5.69. The van der Waals surface area contributed by atoms with Crippen molar-refractivity contribution in [3.8, 4) is 17.0 Å². The topological polar surface area (TPSA) is 206 Å². The molecule has 1 saturated heterocycles. The Morgan fingerprint density at radius 2 is 1.58 bits per heavy atom. The van der Waals surface area contributed by atoms with Crippen LogP contribution in [-0.2, 0) is 19.2 Å². The first-order valence-corrected chi connectivity index (χ1v) is 19.9. The van der Waals surface area contributed by atoms with Gasteiger partial charge in [-0.1, -0.05) is 68.0 Å². The minimum absolute atomic E-state index is 0.0147. The lowest BCUT2D eigenvalue weighted by molar-refractivity contribution is -0.136. The van der Waals surface area contributed by atoms with Crippen LogP contribution in [0, 0.1) is 6.92 Å². The first-order chi connectivity index (χ1) is 28.6. The number of carbonyl (C=O) groups is 7. The van der Waals surface area contributed by atoms with Gasteiger partial charge in [-0.25, -0.2) is 9.97 Å². The van der Waals surface area contributed by atoms with Gasteiger partial charge in [-0.3, -0.25) is 43.8 Å². The predicted molar refractivity (Wildman–Crippen MR) is 218 cm³/mol. The molecule has 1 atom stereocenters. The lowest BCUT2D eigenvalue weighted by Crippen LogP contribution is -2.54. The molecule has 0 bridgehead atoms. The van der Waals surface area contributed by atoms with Gasteiger partial charge in [0.15, 0.2) is 5.78 Å². The van der Waals surface area contributed by atoms with Gasteiger partial charge in [0.05, 0.1) is 23.4 Å². The van der Waals surface area contributed by atoms with Crippen LogP contribution in [0.5, 0.6) is 5.75 Å². The number of benzene rings is 3. The standard InChI is InChI=1S/C44H47N7O8/c1-28-16-18-31(19-17-28)49-37-24-34(47-27-48-37)29-11-9-12-30(23-29)41(55)46-25-39(54)45-22-8-6-4-2-3-5-7-13-32(52)26-59-36-15-10-14-33-40(36)44(58)51(43(33)57)35-20-21-38(53)50-42(35)56/h9-12,14-19,23-24,27,35H,2-8,13,20-22,25-26H2,1H3,(H,45,54)(H,46,55)(H,47,48,49)(H,50,53,56). The van der Waals surface area contributed by atoms with Gasteiger partial charge < -0.3 is 20.7 Å². The summed E-state index contributed by atoms with van der Waals surface area (Å²) in [6.45, 7) is 2.13. The maximum Gasteiger partial charge on any atom is 0.266 e. The largest absolute Gasteiger partial charge is 0.485 e. The number of nitrogens with one attached hydrogen (secondary N) is 4. The van der Waals surface area contributed by atoms with Gasteiger partial charge in [0.2, 0.25) is 17.7 Å². The number of ketones is 1. The minimum Gasteiger partial charge on any atom is -0.485 e. The molecule has 4 N–H and O–H groups in total. The van der Waals surface area contributed by atoms with Crippen LogP contribution in [0.4, 0.5) is 11.5 Å². The molecule has 0 saturated carbocycles. The molecule has 6 amide bonds. The molecule has 2 aliphatic rings. The number of hydrogen-bond acceptors (Lipinski definition) is 11. The number of unbranched alkanes of at least 4 members (excludes halogenated alkanes) is 6. The summed E-state index contributed by atoms with van der Waals surface area (Å²) in [5.41, 5.74) is 3.96. The van der Waals surface area contributed by atoms with Crippen molar-refractivity contribution < 1.29 is 38.3 Å². The number of hydrogen-bond donors (Lipinski definition) is 4. The molecule has 3 heterocycles. The van der Waals surface area contributed by atoms with E-state index in [2.05, 4.69) is 31.2 Å². The van der Waals surface area contributed by atoms with Crippen molar-refractivity contribution in [3.63, 3.8) is 0 Å². The average Bonchev–Trinajstić information content (AvgIpc) is 3.49. The predicted octanol–water partition coefficient (Wildman–Crippen LogP) is 5.21. The third-order valence-corrected chi connectivity index (χ3v) is 10.1. The number of fused-ring (bicyclic) bond motifs is 1. The number of ether oxygens (including phenoxy) is 1. The van der Waals surface area contributed by atoms with Crippen molar-refractivity contribution in [1.82, 2.24) is 30.8 Å². The van der Waals surface area contributed by atoms with E-state index >= 15 is 0 Å². The molecule has 1 fully saturated rings. The van der Waals surface area contributed by atoms with E-state index in [9.17, 15) is 33.6 Å². The number of amides is 6. The quantitative estimate of drug-likeness (QED) is 0.0674. The van der Waals surface area contributed by atoms with Gasteiger partial charge in [-0.15, -0.1) is 0 Å². The van der Waals surface area contributed by atoms with E-state index in [1.807, 2.05) is 43.3 Å². The van der Waals surface area contributed by atoms with Crippen molar-refractivity contribution in [2.24, 2.45) is 0 Å². The van der Waals surface area contributed by atoms with E-state index in [4.69, 9.17) is 4.74 Å². The average molecular weight is 802 g/mol. The Morgan fingerprint density at radius 3 is 2.36 bits per heavy atom. The number of carbonyl (C=O) groups excluding carboxylic acids is 7. The van der Waals surface area contributed by atoms with Crippen LogP contribution in [0.15, 0.2) is 79.1 Å². The van der Waals surface area contributed by atoms with Crippen molar-refractivity contribution in [2.75, 3.05) is 25.0 Å². The number of imide groups is 2. The van der Waals surface area contributed by atoms with Gasteiger partial charge >= 0.3 is 0 Å². The number of anilines is 2. The van der Waals surface area contributed by atoms with Crippen molar-refractivity contribution in [1.29, 1.82) is 0 Å². The molecule has 1 unspecified atom stereocenters. The Bertz CT molecular complexity index is 2220. The van der Waals surface area contributed by atoms with E-state index in [1.165, 1.54) is 18.5 Å². The van der Waals surface area contributed by atoms with Crippen LogP contribution >= 0.6 is 0 Å². The molecule has 59 heavy (non-hydrogen) atoms. The van der Waals surface area contributed by atoms with Crippen LogP contribution in [-0.4, -0.2) is 81.8 Å². The summed E-state index contributed by atoms with van der Waals surface area (Å²) in [5, 5.41) is 11.0. The molecular weight excluding hydrogens is 755 g/mol. The first kappa shape index (κ1) is 41.9. The van der Waals surface area contributed by atoms with Crippen LogP contribution in [0.2, 0.25) is 0 Å². The highest BCUT2D eigenvalue weighted by molar-refractivity contribution is 6.24. The molecule has 4 aromatic rings. The SMILES string of the molecule is Cc1ccc(Nc2cc(-c3cccc(C(=O)NCC(=O)NCCCCCCCCCC(=O)COc4cccc5c4C(=O)N(C4CCC(=O)NC4=O)C5=O)c3)ncn2)cc1. The molecule has 1 aromatic heterocycles. The Balaban J connectivity index is 0.809. The summed E-state index contributed by atoms with van der Waals surface area (Å²) in [5.74, 6) is -2.51. The third kappa shape index (κ3) is 11.2. The second-order valence-electron chi connectivity index (χ2n) is 14.6. The van der Waals surface area contributed by atoms with E-state index in [1.54, 1.807) is 24.3 Å². The number of piperidine rings is 1. The van der Waals surface area contributed by atoms with Crippen LogP contribution in [0.1, 0.15) is 101 Å². The monoisotopic (exact) mass is 801 g/mol. The third-order valence-electron chi connectivity index (χ3n) is 10.1. The molecule has 306 valence electrons. The number of aromatic nitrogens is 2. The molecule has 0 aliphatic carbocycles. The molecule has 0 radical (unpaired) electrons. The smallest absolute Gasteiger partial charge is 0.266 e. The highest BCUT2D eigenvalue weighted by Gasteiger charge is 2.46. The first-order valence-electron chi connectivity index (χ1n) is 19.9. The molecular formula is C44H47N7O8. The van der Waals surface area contributed by atoms with Gasteiger partial charge in [-0.05, 0) is 62.6 Å². The summed E-state index contributed by atoms with van der Waals surface area (Å²) in [6, 6.07) is 20.3. The molecule has 2 aliphatic heterocycles. The van der Waals surface area contributed by atoms with E-state index in [0.29, 0.717) is 36.5 Å². The van der Waals surface area contributed by atoms with Crippen LogP contribution in [0.3, 0.4) is 0 Å². The highest BCUT2D eigenvalue weighted by atomic mass is 16.5. The Labute approximate surface area is 341 Å². The van der Waals surface area contributed by atoms with Crippen LogP contribution < -0.4 is 26.0 Å². The van der Waals surface area contributed by atoms with Gasteiger partial charge in [0.25, 0.3) is 17.7 Å². The lowest BCUT2D eigenvalue weighted by Gasteiger charge is -2.27. The number of aryl methyl sites for hydroxylation is 1. The summed E-state index contributed by atoms with van der Waals surface area (Å²) in [4.78, 5) is 97.4. The van der Waals surface area contributed by atoms with E-state index < -0.39 is 29.7 Å². The summed E-state index contributed by atoms with van der Waals surface area (Å²) in [6.07, 6.45) is 8.07. The van der Waals surface area contributed by atoms with Gasteiger partial charge in [0.1, 0.15) is 30.5 Å². The second kappa shape index (κ2) is 20.1. The number of nitrogens with zero attached hydrogens (tertiary/aromatic N) is 3. The zero-order valence-corrected chi connectivity index (χ0v) is 32.9. The Morgan fingerprint density at radius 1 is 0.831 bits per heavy atom. The Hall–Kier alpha value is -6.77. The maximum absolute atomic E-state index is 13.2. The fraction of sp³-hybridized carbons (Fsp3) is 0.341. The fourth-order valence-corrected chi connectivity index (χ4v) is 6.91. The van der Waals surface area contributed by atoms with Crippen molar-refractivity contribution in [2.45, 2.75) is 77.2 Å². The maximum atomic E-state index is 13.2. The van der Waals surface area contributed by atoms with Gasteiger partial charge in [-0.2, -0.15) is 0 Å². The van der Waals surface area contributed by atoms with E-state index in [-0.39, 0.29) is 60.5 Å². The molecule has 6 rings (SSSR count). The minimum atomic E-state index is -1.08. The zero-order chi connectivity index (χ0) is 41.7. The molecule has 0 spiro atoms. The van der Waals surface area contributed by atoms with Gasteiger partial charge in [0, 0.05) is 42.3 Å². The normalized spacial score (nSPS) is 14.7. The fourth-order valence-electron chi connectivity index (χ4n) is 6.91. The molecule has 15 nitrogen and oxygen atoms in total. The summed E-state index contributed by atoms with van der Waals surface area (Å²) in [7, 11) is 0.